The van der Waals surface area contributed by atoms with Crippen molar-refractivity contribution in [1.82, 2.24) is 14.8 Å². The van der Waals surface area contributed by atoms with E-state index in [1.807, 2.05) is 0 Å². The average Bonchev–Trinajstić information content (AvgIpc) is 2.77. The third kappa shape index (κ3) is 2.24. The molecule has 1 unspecified atom stereocenters. The van der Waals surface area contributed by atoms with Crippen LogP contribution >= 0.6 is 11.6 Å². The largest absolute Gasteiger partial charge is 0.273 e. The number of rotatable bonds is 3. The molecule has 2 rings (SSSR count). The predicted octanol–water partition coefficient (Wildman–Crippen LogP) is 1.57. The van der Waals surface area contributed by atoms with Crippen molar-refractivity contribution < 1.29 is 9.13 Å². The Morgan fingerprint density at radius 3 is 2.78 bits per heavy atom. The molecule has 1 aromatic heterocycles. The molecule has 0 N–H and O–H groups in total. The number of halogens is 1. The Labute approximate surface area is 109 Å². The van der Waals surface area contributed by atoms with Crippen LogP contribution in [0, 0.1) is 10.1 Å². The van der Waals surface area contributed by atoms with E-state index in [1.165, 1.54) is 35.3 Å². The van der Waals surface area contributed by atoms with Crippen molar-refractivity contribution in [2.75, 3.05) is 6.26 Å². The molecule has 9 heteroatoms. The molecule has 94 valence electrons. The van der Waals surface area contributed by atoms with Crippen LogP contribution in [0.25, 0.3) is 5.69 Å². The molecule has 2 aromatic rings. The van der Waals surface area contributed by atoms with Gasteiger partial charge in [0.2, 0.25) is 5.16 Å². The third-order valence-electron chi connectivity index (χ3n) is 2.18. The fourth-order valence-corrected chi connectivity index (χ4v) is 2.24. The Morgan fingerprint density at radius 2 is 2.22 bits per heavy atom. The number of nitrogens with zero attached hydrogens (tertiary/aromatic N) is 4. The van der Waals surface area contributed by atoms with Gasteiger partial charge in [-0.2, -0.15) is 0 Å². The molecule has 0 amide bonds. The fraction of sp³-hybridized carbons (Fsp3) is 0.111. The zero-order valence-electron chi connectivity index (χ0n) is 9.11. The molecule has 1 atom stereocenters. The molecule has 18 heavy (non-hydrogen) atoms. The summed E-state index contributed by atoms with van der Waals surface area (Å²) in [7, 11) is -1.34. The first-order valence-electron chi connectivity index (χ1n) is 4.68. The Kier molecular flexibility index (Phi) is 3.39. The molecule has 0 bridgehead atoms. The maximum Gasteiger partial charge on any atom is 0.271 e. The topological polar surface area (TPSA) is 90.9 Å². The van der Waals surface area contributed by atoms with Crippen LogP contribution in [0.1, 0.15) is 0 Å². The zero-order valence-corrected chi connectivity index (χ0v) is 10.7. The summed E-state index contributed by atoms with van der Waals surface area (Å²) in [4.78, 5) is 10.1. The summed E-state index contributed by atoms with van der Waals surface area (Å²) in [6, 6.07) is 3.99. The lowest BCUT2D eigenvalue weighted by molar-refractivity contribution is -0.384. The van der Waals surface area contributed by atoms with Crippen molar-refractivity contribution in [3.8, 4) is 5.69 Å². The van der Waals surface area contributed by atoms with E-state index in [0.717, 1.165) is 0 Å². The van der Waals surface area contributed by atoms with Crippen molar-refractivity contribution in [1.29, 1.82) is 0 Å². The van der Waals surface area contributed by atoms with Crippen molar-refractivity contribution in [2.45, 2.75) is 5.16 Å². The molecule has 0 fully saturated rings. The maximum atomic E-state index is 11.4. The summed E-state index contributed by atoms with van der Waals surface area (Å²) >= 11 is 5.96. The van der Waals surface area contributed by atoms with E-state index < -0.39 is 15.7 Å². The van der Waals surface area contributed by atoms with Crippen LogP contribution in [0.2, 0.25) is 5.02 Å². The highest BCUT2D eigenvalue weighted by Gasteiger charge is 2.15. The lowest BCUT2D eigenvalue weighted by Gasteiger charge is -2.06. The van der Waals surface area contributed by atoms with Crippen molar-refractivity contribution >= 4 is 28.1 Å². The average molecular weight is 287 g/mol. The molecule has 0 saturated heterocycles. The van der Waals surface area contributed by atoms with Gasteiger partial charge in [-0.1, -0.05) is 11.6 Å². The lowest BCUT2D eigenvalue weighted by atomic mass is 10.3. The highest BCUT2D eigenvalue weighted by Crippen LogP contribution is 2.26. The van der Waals surface area contributed by atoms with Gasteiger partial charge in [0.25, 0.3) is 5.69 Å². The molecule has 7 nitrogen and oxygen atoms in total. The highest BCUT2D eigenvalue weighted by atomic mass is 35.5. The molecule has 1 aromatic carbocycles. The second-order valence-corrected chi connectivity index (χ2v) is 5.01. The Bertz CT molecular complexity index is 642. The number of benzene rings is 1. The number of aromatic nitrogens is 3. The van der Waals surface area contributed by atoms with Crippen LogP contribution in [0.3, 0.4) is 0 Å². The first kappa shape index (κ1) is 12.7. The van der Waals surface area contributed by atoms with E-state index >= 15 is 0 Å². The zero-order chi connectivity index (χ0) is 13.3. The molecule has 0 radical (unpaired) electrons. The monoisotopic (exact) mass is 286 g/mol. The van der Waals surface area contributed by atoms with Gasteiger partial charge in [0.15, 0.2) is 0 Å². The highest BCUT2D eigenvalue weighted by molar-refractivity contribution is 7.84. The smallest absolute Gasteiger partial charge is 0.271 e. The van der Waals surface area contributed by atoms with Gasteiger partial charge < -0.3 is 0 Å². The third-order valence-corrected chi connectivity index (χ3v) is 3.27. The number of hydrogen-bond acceptors (Lipinski definition) is 5. The van der Waals surface area contributed by atoms with Gasteiger partial charge >= 0.3 is 0 Å². The molecule has 0 saturated carbocycles. The van der Waals surface area contributed by atoms with E-state index in [-0.39, 0.29) is 15.9 Å². The summed E-state index contributed by atoms with van der Waals surface area (Å²) in [5.74, 6) is 0. The molecule has 0 aliphatic heterocycles. The second-order valence-electron chi connectivity index (χ2n) is 3.33. The first-order valence-corrected chi connectivity index (χ1v) is 6.62. The van der Waals surface area contributed by atoms with Crippen LogP contribution in [0.15, 0.2) is 29.7 Å². The molecule has 0 spiro atoms. The van der Waals surface area contributed by atoms with E-state index in [2.05, 4.69) is 10.2 Å². The number of nitro groups is 1. The van der Waals surface area contributed by atoms with Gasteiger partial charge in [-0.15, -0.1) is 10.2 Å². The van der Waals surface area contributed by atoms with Crippen LogP contribution < -0.4 is 0 Å². The SMILES string of the molecule is CS(=O)c1nncn1-c1ccc([N+](=O)[O-])cc1Cl. The Hall–Kier alpha value is -1.80. The van der Waals surface area contributed by atoms with Gasteiger partial charge in [0.1, 0.15) is 6.33 Å². The van der Waals surface area contributed by atoms with Gasteiger partial charge in [0.05, 0.1) is 26.4 Å². The minimum Gasteiger partial charge on any atom is -0.273 e. The summed E-state index contributed by atoms with van der Waals surface area (Å²) in [5, 5.41) is 18.3. The van der Waals surface area contributed by atoms with Crippen LogP contribution in [-0.2, 0) is 10.8 Å². The van der Waals surface area contributed by atoms with Crippen LogP contribution in [0.4, 0.5) is 5.69 Å². The van der Waals surface area contributed by atoms with Crippen LogP contribution in [-0.4, -0.2) is 30.2 Å². The van der Waals surface area contributed by atoms with Crippen molar-refractivity contribution in [2.24, 2.45) is 0 Å². The first-order chi connectivity index (χ1) is 8.50. The summed E-state index contributed by atoms with van der Waals surface area (Å²) in [6.07, 6.45) is 2.81. The number of hydrogen-bond donors (Lipinski definition) is 0. The van der Waals surface area contributed by atoms with E-state index in [9.17, 15) is 14.3 Å². The van der Waals surface area contributed by atoms with Crippen molar-refractivity contribution in [3.05, 3.63) is 39.7 Å². The van der Waals surface area contributed by atoms with E-state index in [4.69, 9.17) is 11.6 Å². The minimum absolute atomic E-state index is 0.115. The molecular formula is C9H7ClN4O3S. The predicted molar refractivity (Wildman–Crippen MR) is 65.4 cm³/mol. The summed E-state index contributed by atoms with van der Waals surface area (Å²) in [6.45, 7) is 0. The number of non-ortho nitro benzene ring substituents is 1. The maximum absolute atomic E-state index is 11.4. The standard InChI is InChI=1S/C9H7ClN4O3S/c1-18(17)9-12-11-5-13(9)8-3-2-6(14(15)16)4-7(8)10/h2-5H,1H3. The van der Waals surface area contributed by atoms with Crippen LogP contribution in [0.5, 0.6) is 0 Å². The van der Waals surface area contributed by atoms with Gasteiger partial charge in [-0.25, -0.2) is 0 Å². The minimum atomic E-state index is -1.34. The molecule has 0 aliphatic carbocycles. The molecule has 1 heterocycles. The fourth-order valence-electron chi connectivity index (χ4n) is 1.39. The summed E-state index contributed by atoms with van der Waals surface area (Å²) in [5.41, 5.74) is 0.327. The number of nitro benzene ring substituents is 1. The van der Waals surface area contributed by atoms with Crippen molar-refractivity contribution in [3.63, 3.8) is 0 Å². The van der Waals surface area contributed by atoms with Gasteiger partial charge in [-0.05, 0) is 6.07 Å². The Morgan fingerprint density at radius 1 is 1.50 bits per heavy atom. The second kappa shape index (κ2) is 4.83. The molecular weight excluding hydrogens is 280 g/mol. The normalized spacial score (nSPS) is 12.3. The van der Waals surface area contributed by atoms with E-state index in [0.29, 0.717) is 5.69 Å². The van der Waals surface area contributed by atoms with Gasteiger partial charge in [0, 0.05) is 18.4 Å². The Balaban J connectivity index is 2.55. The quantitative estimate of drug-likeness (QED) is 0.631. The molecule has 0 aliphatic rings. The summed E-state index contributed by atoms with van der Waals surface area (Å²) < 4.78 is 12.9. The van der Waals surface area contributed by atoms with Gasteiger partial charge in [-0.3, -0.25) is 18.9 Å². The lowest BCUT2D eigenvalue weighted by Crippen LogP contribution is -2.02. The van der Waals surface area contributed by atoms with E-state index in [1.54, 1.807) is 0 Å².